The van der Waals surface area contributed by atoms with Gasteiger partial charge in [-0.25, -0.2) is 0 Å². The first kappa shape index (κ1) is 40.0. The molecular formula is C46H42Cl2N6O4S. The number of piperazine rings is 2. The summed E-state index contributed by atoms with van der Waals surface area (Å²) in [6, 6.07) is 24.1. The maximum Gasteiger partial charge on any atom is 0.246 e. The summed E-state index contributed by atoms with van der Waals surface area (Å²) in [4.78, 5) is 65.4. The molecule has 4 amide bonds. The molecule has 4 heterocycles. The summed E-state index contributed by atoms with van der Waals surface area (Å²) in [5, 5.41) is 3.08. The highest BCUT2D eigenvalue weighted by Crippen LogP contribution is 2.47. The minimum absolute atomic E-state index is 0.0116. The smallest absolute Gasteiger partial charge is 0.246 e. The molecule has 2 N–H and O–H groups in total. The molecule has 8 rings (SSSR count). The number of hydrogen-bond donors (Lipinski definition) is 2. The second-order valence-corrected chi connectivity index (χ2v) is 16.5. The van der Waals surface area contributed by atoms with E-state index in [9.17, 15) is 19.2 Å². The predicted molar refractivity (Wildman–Crippen MR) is 237 cm³/mol. The van der Waals surface area contributed by atoms with Crippen LogP contribution >= 0.6 is 35.0 Å². The summed E-state index contributed by atoms with van der Waals surface area (Å²) in [5.74, 6) is -0.230. The molecule has 0 aliphatic carbocycles. The Bertz CT molecular complexity index is 2490. The average molecular weight is 846 g/mol. The van der Waals surface area contributed by atoms with Gasteiger partial charge in [-0.2, -0.15) is 0 Å². The number of fused-ring (bicyclic) bond motifs is 2. The predicted octanol–water partition coefficient (Wildman–Crippen LogP) is 8.85. The number of H-pyrrole nitrogens is 2. The molecule has 0 radical (unpaired) electrons. The normalized spacial score (nSPS) is 15.0. The first-order valence-electron chi connectivity index (χ1n) is 19.5. The quantitative estimate of drug-likeness (QED) is 0.149. The number of halogens is 2. The number of benzene rings is 4. The van der Waals surface area contributed by atoms with E-state index in [0.29, 0.717) is 62.4 Å². The molecule has 2 aliphatic heterocycles. The number of hydrogen-bond acceptors (Lipinski definition) is 5. The fourth-order valence-electron chi connectivity index (χ4n) is 7.72. The maximum atomic E-state index is 13.3. The third-order valence-corrected chi connectivity index (χ3v) is 13.2. The van der Waals surface area contributed by atoms with Gasteiger partial charge in [0.15, 0.2) is 0 Å². The van der Waals surface area contributed by atoms with Crippen LogP contribution in [0.2, 0.25) is 10.0 Å². The highest BCUT2D eigenvalue weighted by molar-refractivity contribution is 7.99. The number of carbonyl (C=O) groups excluding carboxylic acids is 4. The standard InChI is InChI=1S/C46H42Cl2N6O4S/c1-29(55)51-19-23-53(24-20-51)41(57)13-7-31-5-11-39(45(47)43(31)35-3-9-37-33(27-35)15-17-49-37)59-40-12-6-32(8-14-42(58)54-25-21-52(22-26-54)30(2)56)44(46(40)48)36-4-10-38-34(28-36)16-18-50-38/h3-18,27-28,49-50H,19-26H2,1-2H3. The molecule has 0 atom stereocenters. The van der Waals surface area contributed by atoms with E-state index in [1.54, 1.807) is 45.6 Å². The molecule has 2 saturated heterocycles. The second-order valence-electron chi connectivity index (χ2n) is 14.7. The fraction of sp³-hybridized carbons (Fsp3) is 0.217. The largest absolute Gasteiger partial charge is 0.361 e. The molecule has 2 fully saturated rings. The Morgan fingerprint density at radius 1 is 0.542 bits per heavy atom. The maximum absolute atomic E-state index is 13.3. The molecule has 2 aliphatic rings. The van der Waals surface area contributed by atoms with Crippen LogP contribution in [0.25, 0.3) is 56.2 Å². The first-order chi connectivity index (χ1) is 28.5. The van der Waals surface area contributed by atoms with E-state index in [-0.39, 0.29) is 23.6 Å². The molecule has 300 valence electrons. The zero-order chi connectivity index (χ0) is 41.2. The SMILES string of the molecule is CC(=O)N1CCN(C(=O)C=Cc2ccc(Sc3ccc(C=CC(=O)N4CCN(C(C)=O)CC4)c(-c4ccc5[nH]ccc5c4)c3Cl)c(Cl)c2-c2ccc3[nH]ccc3c2)CC1. The van der Waals surface area contributed by atoms with Gasteiger partial charge >= 0.3 is 0 Å². The van der Waals surface area contributed by atoms with Crippen molar-refractivity contribution in [3.05, 3.63) is 119 Å². The number of nitrogens with one attached hydrogen (secondary N) is 2. The Kier molecular flexibility index (Phi) is 11.7. The van der Waals surface area contributed by atoms with Crippen LogP contribution in [0.15, 0.2) is 107 Å². The van der Waals surface area contributed by atoms with Crippen LogP contribution in [0.4, 0.5) is 0 Å². The van der Waals surface area contributed by atoms with Gasteiger partial charge in [-0.1, -0.05) is 59.2 Å². The lowest BCUT2D eigenvalue weighted by molar-refractivity contribution is -0.135. The van der Waals surface area contributed by atoms with Crippen LogP contribution in [0, 0.1) is 0 Å². The zero-order valence-electron chi connectivity index (χ0n) is 32.6. The Morgan fingerprint density at radius 2 is 0.932 bits per heavy atom. The van der Waals surface area contributed by atoms with Gasteiger partial charge in [0.05, 0.1) is 10.0 Å². The highest BCUT2D eigenvalue weighted by atomic mass is 35.5. The molecule has 2 aromatic heterocycles. The number of aromatic nitrogens is 2. The topological polar surface area (TPSA) is 113 Å². The van der Waals surface area contributed by atoms with Gasteiger partial charge in [0.25, 0.3) is 0 Å². The van der Waals surface area contributed by atoms with E-state index in [1.807, 2.05) is 85.2 Å². The van der Waals surface area contributed by atoms with Crippen molar-refractivity contribution in [2.45, 2.75) is 23.6 Å². The van der Waals surface area contributed by atoms with Gasteiger partial charge in [0.1, 0.15) is 0 Å². The minimum Gasteiger partial charge on any atom is -0.361 e. The molecule has 13 heteroatoms. The van der Waals surface area contributed by atoms with E-state index in [2.05, 4.69) is 22.1 Å². The summed E-state index contributed by atoms with van der Waals surface area (Å²) in [7, 11) is 0. The number of aromatic amines is 2. The molecule has 0 saturated carbocycles. The van der Waals surface area contributed by atoms with E-state index in [1.165, 1.54) is 11.8 Å². The molecular weight excluding hydrogens is 804 g/mol. The molecule has 0 spiro atoms. The zero-order valence-corrected chi connectivity index (χ0v) is 35.0. The van der Waals surface area contributed by atoms with Crippen molar-refractivity contribution >= 4 is 92.6 Å². The van der Waals surface area contributed by atoms with Crippen LogP contribution in [0.5, 0.6) is 0 Å². The lowest BCUT2D eigenvalue weighted by atomic mass is 9.98. The Labute approximate surface area is 356 Å². The lowest BCUT2D eigenvalue weighted by Gasteiger charge is -2.33. The molecule has 59 heavy (non-hydrogen) atoms. The Balaban J connectivity index is 1.13. The van der Waals surface area contributed by atoms with Gasteiger partial charge < -0.3 is 29.6 Å². The Hall–Kier alpha value is -5.75. The van der Waals surface area contributed by atoms with Crippen LogP contribution < -0.4 is 0 Å². The first-order valence-corrected chi connectivity index (χ1v) is 21.0. The third-order valence-electron chi connectivity index (χ3n) is 11.1. The third kappa shape index (κ3) is 8.55. The van der Waals surface area contributed by atoms with Crippen molar-refractivity contribution in [1.82, 2.24) is 29.6 Å². The lowest BCUT2D eigenvalue weighted by Crippen LogP contribution is -2.49. The van der Waals surface area contributed by atoms with Crippen molar-refractivity contribution in [1.29, 1.82) is 0 Å². The van der Waals surface area contributed by atoms with Crippen molar-refractivity contribution in [3.8, 4) is 22.3 Å². The van der Waals surface area contributed by atoms with Gasteiger partial charge in [-0.15, -0.1) is 0 Å². The summed E-state index contributed by atoms with van der Waals surface area (Å²) in [6.07, 6.45) is 10.6. The van der Waals surface area contributed by atoms with Crippen LogP contribution in [-0.4, -0.2) is 106 Å². The summed E-state index contributed by atoms with van der Waals surface area (Å²) >= 11 is 16.2. The van der Waals surface area contributed by atoms with Crippen LogP contribution in [0.3, 0.4) is 0 Å². The van der Waals surface area contributed by atoms with Crippen LogP contribution in [-0.2, 0) is 19.2 Å². The molecule has 0 bridgehead atoms. The van der Waals surface area contributed by atoms with Gasteiger partial charge in [-0.3, -0.25) is 19.2 Å². The molecule has 6 aromatic rings. The van der Waals surface area contributed by atoms with E-state index < -0.39 is 0 Å². The minimum atomic E-state index is -0.127. The average Bonchev–Trinajstić information content (AvgIpc) is 3.93. The van der Waals surface area contributed by atoms with Crippen molar-refractivity contribution in [2.75, 3.05) is 52.4 Å². The molecule has 0 unspecified atom stereocenters. The van der Waals surface area contributed by atoms with Gasteiger partial charge in [-0.05, 0) is 93.7 Å². The molecule has 4 aromatic carbocycles. The number of nitrogens with zero attached hydrogens (tertiary/aromatic N) is 4. The van der Waals surface area contributed by atoms with Crippen molar-refractivity contribution in [3.63, 3.8) is 0 Å². The van der Waals surface area contributed by atoms with E-state index >= 15 is 0 Å². The van der Waals surface area contributed by atoms with Gasteiger partial charge in [0.2, 0.25) is 23.6 Å². The number of amides is 4. The Morgan fingerprint density at radius 3 is 1.32 bits per heavy atom. The second kappa shape index (κ2) is 17.2. The monoisotopic (exact) mass is 844 g/mol. The fourth-order valence-corrected chi connectivity index (χ4v) is 9.40. The van der Waals surface area contributed by atoms with E-state index in [0.717, 1.165) is 65.0 Å². The van der Waals surface area contributed by atoms with Gasteiger partial charge in [0, 0.05) is 123 Å². The van der Waals surface area contributed by atoms with Crippen molar-refractivity contribution in [2.24, 2.45) is 0 Å². The summed E-state index contributed by atoms with van der Waals surface area (Å²) < 4.78 is 0. The number of rotatable bonds is 8. The van der Waals surface area contributed by atoms with Crippen molar-refractivity contribution < 1.29 is 19.2 Å². The number of carbonyl (C=O) groups is 4. The highest BCUT2D eigenvalue weighted by Gasteiger charge is 2.24. The van der Waals surface area contributed by atoms with Crippen LogP contribution in [0.1, 0.15) is 25.0 Å². The summed E-state index contributed by atoms with van der Waals surface area (Å²) in [5.41, 5.74) is 6.90. The van der Waals surface area contributed by atoms with E-state index in [4.69, 9.17) is 23.2 Å². The molecule has 10 nitrogen and oxygen atoms in total. The summed E-state index contributed by atoms with van der Waals surface area (Å²) in [6.45, 7) is 7.03.